The van der Waals surface area contributed by atoms with E-state index in [1.807, 2.05) is 24.3 Å². The van der Waals surface area contributed by atoms with Crippen molar-refractivity contribution < 1.29 is 4.79 Å². The van der Waals surface area contributed by atoms with Crippen LogP contribution in [0, 0.1) is 0 Å². The standard InChI is InChI=1S/C10H10N2OS/c1-14-10(13)6-9-11-7-4-2-3-5-8(7)12-9/h2-5H,6H2,1H3,(H,11,12). The molecular formula is C10H10N2OS. The SMILES string of the molecule is CSC(=O)Cc1nc2ccccc2[nH]1. The van der Waals surface area contributed by atoms with Crippen molar-refractivity contribution in [1.29, 1.82) is 0 Å². The maximum absolute atomic E-state index is 11.2. The van der Waals surface area contributed by atoms with Crippen molar-refractivity contribution in [2.75, 3.05) is 6.26 Å². The lowest BCUT2D eigenvalue weighted by atomic mass is 10.3. The van der Waals surface area contributed by atoms with Gasteiger partial charge in [0, 0.05) is 0 Å². The van der Waals surface area contributed by atoms with Crippen molar-refractivity contribution in [3.8, 4) is 0 Å². The van der Waals surface area contributed by atoms with Crippen LogP contribution in [0.3, 0.4) is 0 Å². The largest absolute Gasteiger partial charge is 0.342 e. The first-order chi connectivity index (χ1) is 6.79. The predicted molar refractivity (Wildman–Crippen MR) is 58.3 cm³/mol. The summed E-state index contributed by atoms with van der Waals surface area (Å²) in [4.78, 5) is 18.6. The maximum Gasteiger partial charge on any atom is 0.196 e. The zero-order valence-corrected chi connectivity index (χ0v) is 8.60. The zero-order chi connectivity index (χ0) is 9.97. The third-order valence-corrected chi connectivity index (χ3v) is 2.58. The number of carbonyl (C=O) groups is 1. The molecule has 2 rings (SSSR count). The van der Waals surface area contributed by atoms with Crippen molar-refractivity contribution in [3.63, 3.8) is 0 Å². The van der Waals surface area contributed by atoms with Crippen LogP contribution < -0.4 is 0 Å². The van der Waals surface area contributed by atoms with Gasteiger partial charge in [-0.15, -0.1) is 0 Å². The molecule has 0 aliphatic carbocycles. The van der Waals surface area contributed by atoms with E-state index in [4.69, 9.17) is 0 Å². The molecule has 2 aromatic rings. The van der Waals surface area contributed by atoms with Crippen LogP contribution in [0.2, 0.25) is 0 Å². The van der Waals surface area contributed by atoms with Crippen LogP contribution in [0.25, 0.3) is 11.0 Å². The summed E-state index contributed by atoms with van der Waals surface area (Å²) in [5, 5.41) is 0.129. The van der Waals surface area contributed by atoms with Gasteiger partial charge in [-0.2, -0.15) is 0 Å². The number of rotatable bonds is 2. The summed E-state index contributed by atoms with van der Waals surface area (Å²) in [7, 11) is 0. The normalized spacial score (nSPS) is 10.6. The van der Waals surface area contributed by atoms with E-state index in [9.17, 15) is 4.79 Å². The van der Waals surface area contributed by atoms with Crippen LogP contribution in [-0.4, -0.2) is 21.3 Å². The molecule has 0 fully saturated rings. The van der Waals surface area contributed by atoms with Gasteiger partial charge in [-0.1, -0.05) is 23.9 Å². The number of imidazole rings is 1. The number of aromatic nitrogens is 2. The van der Waals surface area contributed by atoms with E-state index >= 15 is 0 Å². The molecule has 0 spiro atoms. The van der Waals surface area contributed by atoms with Crippen LogP contribution in [0.5, 0.6) is 0 Å². The van der Waals surface area contributed by atoms with E-state index in [1.54, 1.807) is 6.26 Å². The van der Waals surface area contributed by atoms with Crippen LogP contribution in [0.15, 0.2) is 24.3 Å². The first-order valence-electron chi connectivity index (χ1n) is 4.30. The molecule has 1 N–H and O–H groups in total. The molecule has 1 aromatic carbocycles. The second-order valence-corrected chi connectivity index (χ2v) is 3.82. The minimum atomic E-state index is 0.129. The topological polar surface area (TPSA) is 45.8 Å². The first-order valence-corrected chi connectivity index (χ1v) is 5.52. The number of thioether (sulfide) groups is 1. The quantitative estimate of drug-likeness (QED) is 0.817. The van der Waals surface area contributed by atoms with E-state index in [0.29, 0.717) is 6.42 Å². The Labute approximate surface area is 85.9 Å². The van der Waals surface area contributed by atoms with Gasteiger partial charge >= 0.3 is 0 Å². The van der Waals surface area contributed by atoms with Gasteiger partial charge in [0.25, 0.3) is 0 Å². The smallest absolute Gasteiger partial charge is 0.196 e. The summed E-state index contributed by atoms with van der Waals surface area (Å²) < 4.78 is 0. The van der Waals surface area contributed by atoms with Gasteiger partial charge in [0.05, 0.1) is 17.5 Å². The van der Waals surface area contributed by atoms with Crippen LogP contribution in [0.4, 0.5) is 0 Å². The van der Waals surface area contributed by atoms with E-state index in [0.717, 1.165) is 16.9 Å². The molecule has 0 aliphatic heterocycles. The summed E-state index contributed by atoms with van der Waals surface area (Å²) in [5.74, 6) is 0.741. The fourth-order valence-corrected chi connectivity index (χ4v) is 1.58. The lowest BCUT2D eigenvalue weighted by Gasteiger charge is -1.90. The van der Waals surface area contributed by atoms with E-state index in [1.165, 1.54) is 11.8 Å². The Morgan fingerprint density at radius 1 is 1.50 bits per heavy atom. The second-order valence-electron chi connectivity index (χ2n) is 2.95. The van der Waals surface area contributed by atoms with Gasteiger partial charge in [0.15, 0.2) is 5.12 Å². The van der Waals surface area contributed by atoms with Gasteiger partial charge in [0.2, 0.25) is 0 Å². The number of fused-ring (bicyclic) bond motifs is 1. The van der Waals surface area contributed by atoms with Crippen LogP contribution in [-0.2, 0) is 11.2 Å². The fraction of sp³-hybridized carbons (Fsp3) is 0.200. The molecule has 72 valence electrons. The third-order valence-electron chi connectivity index (χ3n) is 1.98. The number of nitrogens with one attached hydrogen (secondary N) is 1. The Bertz CT molecular complexity index is 431. The van der Waals surface area contributed by atoms with Crippen molar-refractivity contribution >= 4 is 27.9 Å². The van der Waals surface area contributed by atoms with Crippen molar-refractivity contribution in [3.05, 3.63) is 30.1 Å². The van der Waals surface area contributed by atoms with Crippen molar-refractivity contribution in [2.45, 2.75) is 6.42 Å². The van der Waals surface area contributed by atoms with Gasteiger partial charge in [0.1, 0.15) is 5.82 Å². The highest BCUT2D eigenvalue weighted by molar-refractivity contribution is 8.13. The molecule has 4 heteroatoms. The average molecular weight is 206 g/mol. The highest BCUT2D eigenvalue weighted by Crippen LogP contribution is 2.11. The van der Waals surface area contributed by atoms with Crippen molar-refractivity contribution in [1.82, 2.24) is 9.97 Å². The fourth-order valence-electron chi connectivity index (χ4n) is 1.30. The molecule has 0 radical (unpaired) electrons. The molecule has 1 aromatic heterocycles. The van der Waals surface area contributed by atoms with Crippen LogP contribution in [0.1, 0.15) is 5.82 Å². The summed E-state index contributed by atoms with van der Waals surface area (Å²) in [6.07, 6.45) is 2.15. The Balaban J connectivity index is 2.31. The highest BCUT2D eigenvalue weighted by atomic mass is 32.2. The zero-order valence-electron chi connectivity index (χ0n) is 7.78. The monoisotopic (exact) mass is 206 g/mol. The minimum Gasteiger partial charge on any atom is -0.342 e. The summed E-state index contributed by atoms with van der Waals surface area (Å²) >= 11 is 1.23. The minimum absolute atomic E-state index is 0.129. The van der Waals surface area contributed by atoms with Crippen LogP contribution >= 0.6 is 11.8 Å². The molecule has 0 saturated carbocycles. The molecular weight excluding hydrogens is 196 g/mol. The number of benzene rings is 1. The molecule has 3 nitrogen and oxygen atoms in total. The number of hydrogen-bond donors (Lipinski definition) is 1. The van der Waals surface area contributed by atoms with E-state index in [-0.39, 0.29) is 5.12 Å². The van der Waals surface area contributed by atoms with Crippen molar-refractivity contribution in [2.24, 2.45) is 0 Å². The summed E-state index contributed by atoms with van der Waals surface area (Å²) in [6, 6.07) is 7.76. The second kappa shape index (κ2) is 3.84. The Morgan fingerprint density at radius 3 is 3.00 bits per heavy atom. The summed E-state index contributed by atoms with van der Waals surface area (Å²) in [6.45, 7) is 0. The lowest BCUT2D eigenvalue weighted by Crippen LogP contribution is -1.97. The Kier molecular flexibility index (Phi) is 2.54. The third kappa shape index (κ3) is 1.80. The maximum atomic E-state index is 11.2. The number of carbonyl (C=O) groups excluding carboxylic acids is 1. The number of nitrogens with zero attached hydrogens (tertiary/aromatic N) is 1. The lowest BCUT2D eigenvalue weighted by molar-refractivity contribution is -0.110. The first kappa shape index (κ1) is 9.27. The molecule has 0 amide bonds. The molecule has 0 unspecified atom stereocenters. The highest BCUT2D eigenvalue weighted by Gasteiger charge is 2.06. The number of para-hydroxylation sites is 2. The van der Waals surface area contributed by atoms with E-state index < -0.39 is 0 Å². The molecule has 0 bridgehead atoms. The molecule has 0 saturated heterocycles. The molecule has 0 aliphatic rings. The molecule has 1 heterocycles. The number of H-pyrrole nitrogens is 1. The number of aromatic amines is 1. The predicted octanol–water partition coefficient (Wildman–Crippen LogP) is 1.99. The van der Waals surface area contributed by atoms with Gasteiger partial charge < -0.3 is 4.98 Å². The number of hydrogen-bond acceptors (Lipinski definition) is 3. The van der Waals surface area contributed by atoms with Gasteiger partial charge in [-0.05, 0) is 18.4 Å². The molecule has 0 atom stereocenters. The average Bonchev–Trinajstić information content (AvgIpc) is 2.59. The molecule has 14 heavy (non-hydrogen) atoms. The Morgan fingerprint density at radius 2 is 2.29 bits per heavy atom. The Hall–Kier alpha value is -1.29. The summed E-state index contributed by atoms with van der Waals surface area (Å²) in [5.41, 5.74) is 1.90. The van der Waals surface area contributed by atoms with Gasteiger partial charge in [-0.3, -0.25) is 4.79 Å². The van der Waals surface area contributed by atoms with E-state index in [2.05, 4.69) is 9.97 Å². The van der Waals surface area contributed by atoms with Gasteiger partial charge in [-0.25, -0.2) is 4.98 Å².